The van der Waals surface area contributed by atoms with Gasteiger partial charge in [-0.05, 0) is 0 Å². The highest BCUT2D eigenvalue weighted by molar-refractivity contribution is 8.13. The standard InChI is InChI=1S/C13H10F5N3O3S/c14-8-2-5(21(22)23)1-6(9(8)15)12-4-24-10(13(16,17)18)7(12)3-25-11(19)20-12/h1-2,7,10H,3-4H2,(H2,19,20). The van der Waals surface area contributed by atoms with Gasteiger partial charge in [0.2, 0.25) is 0 Å². The minimum atomic E-state index is -4.76. The predicted molar refractivity (Wildman–Crippen MR) is 78.1 cm³/mol. The summed E-state index contributed by atoms with van der Waals surface area (Å²) in [6.45, 7) is -0.722. The summed E-state index contributed by atoms with van der Waals surface area (Å²) in [4.78, 5) is 13.9. The number of nitrogens with zero attached hydrogens (tertiary/aromatic N) is 2. The van der Waals surface area contributed by atoms with Gasteiger partial charge in [0.1, 0.15) is 5.54 Å². The second-order valence-electron chi connectivity index (χ2n) is 5.61. The largest absolute Gasteiger partial charge is 0.415 e. The number of amidine groups is 1. The van der Waals surface area contributed by atoms with E-state index in [9.17, 15) is 32.1 Å². The van der Waals surface area contributed by atoms with Crippen LogP contribution in [-0.2, 0) is 10.3 Å². The van der Waals surface area contributed by atoms with E-state index in [2.05, 4.69) is 4.99 Å². The average Bonchev–Trinajstić information content (AvgIpc) is 2.89. The topological polar surface area (TPSA) is 90.8 Å². The Morgan fingerprint density at radius 3 is 2.68 bits per heavy atom. The van der Waals surface area contributed by atoms with Crippen LogP contribution in [0.25, 0.3) is 0 Å². The number of non-ortho nitro benzene ring substituents is 1. The van der Waals surface area contributed by atoms with Gasteiger partial charge in [-0.15, -0.1) is 0 Å². The van der Waals surface area contributed by atoms with Crippen LogP contribution in [0.15, 0.2) is 17.1 Å². The van der Waals surface area contributed by atoms with Gasteiger partial charge in [0.05, 0.1) is 17.6 Å². The van der Waals surface area contributed by atoms with Gasteiger partial charge < -0.3 is 10.5 Å². The molecule has 12 heteroatoms. The van der Waals surface area contributed by atoms with E-state index in [0.29, 0.717) is 12.1 Å². The molecular formula is C13H10F5N3O3S. The molecule has 2 aliphatic rings. The zero-order chi connectivity index (χ0) is 18.6. The number of nitro groups is 1. The third-order valence-electron chi connectivity index (χ3n) is 4.20. The van der Waals surface area contributed by atoms with E-state index in [1.54, 1.807) is 0 Å². The third kappa shape index (κ3) is 2.82. The number of nitro benzene ring substituents is 1. The highest BCUT2D eigenvalue weighted by Gasteiger charge is 2.62. The van der Waals surface area contributed by atoms with Gasteiger partial charge in [-0.1, -0.05) is 11.8 Å². The van der Waals surface area contributed by atoms with E-state index in [1.165, 1.54) is 0 Å². The molecule has 2 heterocycles. The summed E-state index contributed by atoms with van der Waals surface area (Å²) in [7, 11) is 0. The number of aliphatic imine (C=N–C) groups is 1. The number of hydrogen-bond donors (Lipinski definition) is 1. The van der Waals surface area contributed by atoms with Crippen molar-refractivity contribution in [1.82, 2.24) is 0 Å². The lowest BCUT2D eigenvalue weighted by Crippen LogP contribution is -2.46. The zero-order valence-corrected chi connectivity index (χ0v) is 13.0. The first-order chi connectivity index (χ1) is 11.6. The smallest absolute Gasteiger partial charge is 0.379 e. The highest BCUT2D eigenvalue weighted by atomic mass is 32.2. The minimum absolute atomic E-state index is 0.131. The summed E-state index contributed by atoms with van der Waals surface area (Å²) in [5.74, 6) is -4.67. The van der Waals surface area contributed by atoms with Crippen molar-refractivity contribution >= 4 is 22.6 Å². The van der Waals surface area contributed by atoms with Crippen LogP contribution in [0.1, 0.15) is 5.56 Å². The predicted octanol–water partition coefficient (Wildman–Crippen LogP) is 2.71. The molecule has 136 valence electrons. The lowest BCUT2D eigenvalue weighted by Gasteiger charge is -2.36. The van der Waals surface area contributed by atoms with E-state index >= 15 is 0 Å². The molecule has 1 saturated heterocycles. The van der Waals surface area contributed by atoms with Crippen LogP contribution in [0.3, 0.4) is 0 Å². The summed E-state index contributed by atoms with van der Waals surface area (Å²) >= 11 is 0.826. The number of alkyl halides is 3. The van der Waals surface area contributed by atoms with Crippen molar-refractivity contribution < 1.29 is 31.6 Å². The molecule has 6 nitrogen and oxygen atoms in total. The number of fused-ring (bicyclic) bond motifs is 1. The van der Waals surface area contributed by atoms with Crippen LogP contribution in [0, 0.1) is 27.7 Å². The highest BCUT2D eigenvalue weighted by Crippen LogP contribution is 2.52. The van der Waals surface area contributed by atoms with Crippen molar-refractivity contribution in [2.75, 3.05) is 12.4 Å². The lowest BCUT2D eigenvalue weighted by molar-refractivity contribution is -0.385. The fourth-order valence-electron chi connectivity index (χ4n) is 3.09. The quantitative estimate of drug-likeness (QED) is 0.482. The van der Waals surface area contributed by atoms with E-state index < -0.39 is 58.2 Å². The average molecular weight is 383 g/mol. The van der Waals surface area contributed by atoms with Crippen molar-refractivity contribution in [1.29, 1.82) is 0 Å². The van der Waals surface area contributed by atoms with E-state index in [0.717, 1.165) is 11.8 Å². The van der Waals surface area contributed by atoms with E-state index in [4.69, 9.17) is 10.5 Å². The fourth-order valence-corrected chi connectivity index (χ4v) is 4.12. The fraction of sp³-hybridized carbons (Fsp3) is 0.462. The number of nitrogens with two attached hydrogens (primary N) is 1. The Kier molecular flexibility index (Phi) is 4.14. The summed E-state index contributed by atoms with van der Waals surface area (Å²) in [5.41, 5.74) is 2.13. The second kappa shape index (κ2) is 5.80. The molecule has 3 unspecified atom stereocenters. The van der Waals surface area contributed by atoms with Gasteiger partial charge >= 0.3 is 6.18 Å². The van der Waals surface area contributed by atoms with Gasteiger partial charge in [-0.2, -0.15) is 13.2 Å². The van der Waals surface area contributed by atoms with Crippen molar-refractivity contribution in [3.05, 3.63) is 39.4 Å². The normalized spacial score (nSPS) is 29.2. The van der Waals surface area contributed by atoms with Crippen LogP contribution < -0.4 is 5.73 Å². The molecule has 3 rings (SSSR count). The van der Waals surface area contributed by atoms with Crippen LogP contribution >= 0.6 is 11.8 Å². The van der Waals surface area contributed by atoms with Crippen molar-refractivity contribution in [3.8, 4) is 0 Å². The molecule has 25 heavy (non-hydrogen) atoms. The van der Waals surface area contributed by atoms with Crippen LogP contribution in [0.2, 0.25) is 0 Å². The molecule has 0 spiro atoms. The molecule has 2 aliphatic heterocycles. The minimum Gasteiger partial charge on any atom is -0.379 e. The number of ether oxygens (including phenoxy) is 1. The zero-order valence-electron chi connectivity index (χ0n) is 12.2. The summed E-state index contributed by atoms with van der Waals surface area (Å²) in [5, 5.41) is 10.8. The van der Waals surface area contributed by atoms with Crippen molar-refractivity contribution in [3.63, 3.8) is 0 Å². The SMILES string of the molecule is NC1=NC2(c3cc([N+](=O)[O-])cc(F)c3F)COC(C(F)(F)F)C2CS1. The Balaban J connectivity index is 2.22. The molecule has 0 bridgehead atoms. The first kappa shape index (κ1) is 17.9. The van der Waals surface area contributed by atoms with Crippen LogP contribution in [0.4, 0.5) is 27.6 Å². The number of halogens is 5. The molecule has 1 aromatic rings. The molecular weight excluding hydrogens is 373 g/mol. The number of thioether (sulfide) groups is 1. The molecule has 3 atom stereocenters. The Bertz CT molecular complexity index is 772. The van der Waals surface area contributed by atoms with Crippen molar-refractivity contribution in [2.24, 2.45) is 16.6 Å². The molecule has 0 radical (unpaired) electrons. The molecule has 0 aromatic heterocycles. The summed E-state index contributed by atoms with van der Waals surface area (Å²) < 4.78 is 72.6. The molecule has 1 fully saturated rings. The first-order valence-corrected chi connectivity index (χ1v) is 7.85. The van der Waals surface area contributed by atoms with Gasteiger partial charge in [-0.3, -0.25) is 10.1 Å². The Hall–Kier alpha value is -1.95. The molecule has 0 saturated carbocycles. The third-order valence-corrected chi connectivity index (χ3v) is 5.11. The van der Waals surface area contributed by atoms with Gasteiger partial charge in [0.15, 0.2) is 22.9 Å². The number of hydrogen-bond acceptors (Lipinski definition) is 6. The maximum absolute atomic E-state index is 14.4. The number of benzene rings is 1. The Labute approximate surface area is 141 Å². The Morgan fingerprint density at radius 2 is 2.08 bits per heavy atom. The molecule has 1 aromatic carbocycles. The van der Waals surface area contributed by atoms with Crippen molar-refractivity contribution in [2.45, 2.75) is 17.8 Å². The van der Waals surface area contributed by atoms with Gasteiger partial charge in [-0.25, -0.2) is 13.8 Å². The maximum atomic E-state index is 14.4. The van der Waals surface area contributed by atoms with E-state index in [1.807, 2.05) is 0 Å². The van der Waals surface area contributed by atoms with Crippen LogP contribution in [0.5, 0.6) is 0 Å². The first-order valence-electron chi connectivity index (χ1n) is 6.86. The van der Waals surface area contributed by atoms with Gasteiger partial charge in [0, 0.05) is 23.3 Å². The van der Waals surface area contributed by atoms with Crippen LogP contribution in [-0.4, -0.2) is 34.7 Å². The number of rotatable bonds is 2. The lowest BCUT2D eigenvalue weighted by atomic mass is 9.78. The molecule has 0 aliphatic carbocycles. The maximum Gasteiger partial charge on any atom is 0.415 e. The Morgan fingerprint density at radius 1 is 1.40 bits per heavy atom. The van der Waals surface area contributed by atoms with E-state index in [-0.39, 0.29) is 10.9 Å². The summed E-state index contributed by atoms with van der Waals surface area (Å²) in [6, 6.07) is 1.03. The summed E-state index contributed by atoms with van der Waals surface area (Å²) in [6.07, 6.45) is -7.02. The monoisotopic (exact) mass is 383 g/mol. The molecule has 2 N–H and O–H groups in total. The van der Waals surface area contributed by atoms with Gasteiger partial charge in [0.25, 0.3) is 5.69 Å². The second-order valence-corrected chi connectivity index (χ2v) is 6.65. The molecule has 0 amide bonds.